The first-order chi connectivity index (χ1) is 10.6. The van der Waals surface area contributed by atoms with Gasteiger partial charge in [0.2, 0.25) is 0 Å². The first kappa shape index (κ1) is 13.8. The lowest BCUT2D eigenvalue weighted by Crippen LogP contribution is -2.55. The summed E-state index contributed by atoms with van der Waals surface area (Å²) in [7, 11) is 0. The topological polar surface area (TPSA) is 84.2 Å². The summed E-state index contributed by atoms with van der Waals surface area (Å²) in [6, 6.07) is 1.87. The maximum atomic E-state index is 12.4. The second-order valence-corrected chi connectivity index (χ2v) is 7.22. The number of carboxylic acid groups (broad SMARTS) is 1. The number of aromatic nitrogens is 2. The molecule has 4 fully saturated rings. The van der Waals surface area contributed by atoms with Gasteiger partial charge in [0.1, 0.15) is 12.2 Å². The molecule has 5 rings (SSSR count). The van der Waals surface area contributed by atoms with Crippen molar-refractivity contribution >= 4 is 11.9 Å². The zero-order chi connectivity index (χ0) is 15.3. The first-order valence-corrected chi connectivity index (χ1v) is 8.14. The molecule has 0 saturated heterocycles. The van der Waals surface area contributed by atoms with Crippen molar-refractivity contribution in [3.8, 4) is 0 Å². The molecule has 0 aliphatic heterocycles. The highest BCUT2D eigenvalue weighted by Gasteiger charge is 2.48. The number of hydrogen-bond donors (Lipinski definition) is 2. The Morgan fingerprint density at radius 1 is 1.18 bits per heavy atom. The van der Waals surface area contributed by atoms with E-state index in [2.05, 4.69) is 10.4 Å². The number of nitrogens with one attached hydrogen (secondary N) is 1. The number of carboxylic acids is 1. The van der Waals surface area contributed by atoms with Crippen LogP contribution in [0.2, 0.25) is 0 Å². The minimum Gasteiger partial charge on any atom is -0.480 e. The van der Waals surface area contributed by atoms with Gasteiger partial charge in [-0.15, -0.1) is 0 Å². The number of hydrogen-bond acceptors (Lipinski definition) is 3. The summed E-state index contributed by atoms with van der Waals surface area (Å²) in [6.45, 7) is -0.217. The van der Waals surface area contributed by atoms with E-state index in [4.69, 9.17) is 5.11 Å². The van der Waals surface area contributed by atoms with Crippen LogP contribution >= 0.6 is 0 Å². The van der Waals surface area contributed by atoms with Crippen molar-refractivity contribution in [3.05, 3.63) is 18.0 Å². The van der Waals surface area contributed by atoms with Crippen molar-refractivity contribution in [2.24, 2.45) is 23.7 Å². The van der Waals surface area contributed by atoms with Gasteiger partial charge in [-0.25, -0.2) is 0 Å². The highest BCUT2D eigenvalue weighted by molar-refractivity contribution is 5.92. The summed E-state index contributed by atoms with van der Waals surface area (Å²) in [4.78, 5) is 23.1. The summed E-state index contributed by atoms with van der Waals surface area (Å²) in [5, 5.41) is 16.0. The molecular formula is C16H21N3O3. The Hall–Kier alpha value is -1.85. The Bertz CT molecular complexity index is 582. The highest BCUT2D eigenvalue weighted by atomic mass is 16.4. The minimum atomic E-state index is -0.962. The first-order valence-electron chi connectivity index (χ1n) is 8.14. The molecule has 0 radical (unpaired) electrons. The Balaban J connectivity index is 1.43. The largest absolute Gasteiger partial charge is 0.480 e. The second-order valence-electron chi connectivity index (χ2n) is 7.22. The number of rotatable bonds is 4. The molecule has 6 heteroatoms. The number of carbonyl (C=O) groups excluding carboxylic acids is 1. The third-order valence-electron chi connectivity index (χ3n) is 5.70. The Labute approximate surface area is 128 Å². The van der Waals surface area contributed by atoms with Crippen molar-refractivity contribution in [3.63, 3.8) is 0 Å². The van der Waals surface area contributed by atoms with Crippen LogP contribution in [0, 0.1) is 23.7 Å². The lowest BCUT2D eigenvalue weighted by Gasteiger charge is -2.54. The molecule has 4 saturated carbocycles. The van der Waals surface area contributed by atoms with Crippen LogP contribution in [0.15, 0.2) is 12.3 Å². The smallest absolute Gasteiger partial charge is 0.325 e. The fraction of sp³-hybridized carbons (Fsp3) is 0.688. The molecule has 6 nitrogen and oxygen atoms in total. The maximum absolute atomic E-state index is 12.4. The number of nitrogens with zero attached hydrogens (tertiary/aromatic N) is 2. The fourth-order valence-electron chi connectivity index (χ4n) is 5.10. The zero-order valence-corrected chi connectivity index (χ0v) is 12.4. The molecule has 4 aliphatic rings. The van der Waals surface area contributed by atoms with E-state index in [9.17, 15) is 9.59 Å². The molecule has 0 atom stereocenters. The molecule has 2 N–H and O–H groups in total. The van der Waals surface area contributed by atoms with Crippen LogP contribution in [-0.2, 0) is 11.3 Å². The lowest BCUT2D eigenvalue weighted by molar-refractivity contribution is -0.137. The molecular weight excluding hydrogens is 282 g/mol. The van der Waals surface area contributed by atoms with Crippen LogP contribution in [0.1, 0.15) is 42.6 Å². The van der Waals surface area contributed by atoms with Crippen LogP contribution in [0.3, 0.4) is 0 Å². The normalized spacial score (nSPS) is 35.5. The number of carbonyl (C=O) groups is 2. The predicted octanol–water partition coefficient (Wildman–Crippen LogP) is 1.52. The molecule has 4 aliphatic carbocycles. The van der Waals surface area contributed by atoms with Gasteiger partial charge in [-0.3, -0.25) is 14.3 Å². The van der Waals surface area contributed by atoms with E-state index in [1.165, 1.54) is 36.8 Å². The second kappa shape index (κ2) is 5.11. The summed E-state index contributed by atoms with van der Waals surface area (Å²) >= 11 is 0. The van der Waals surface area contributed by atoms with Gasteiger partial charge in [-0.1, -0.05) is 0 Å². The molecule has 0 unspecified atom stereocenters. The van der Waals surface area contributed by atoms with Crippen molar-refractivity contribution in [1.29, 1.82) is 0 Å². The molecule has 0 spiro atoms. The van der Waals surface area contributed by atoms with Gasteiger partial charge < -0.3 is 10.4 Å². The van der Waals surface area contributed by atoms with E-state index >= 15 is 0 Å². The third kappa shape index (κ3) is 2.40. The Morgan fingerprint density at radius 2 is 1.82 bits per heavy atom. The lowest BCUT2D eigenvalue weighted by atomic mass is 9.54. The van der Waals surface area contributed by atoms with Crippen LogP contribution < -0.4 is 5.32 Å². The monoisotopic (exact) mass is 303 g/mol. The van der Waals surface area contributed by atoms with Crippen molar-refractivity contribution in [2.45, 2.75) is 44.7 Å². The summed E-state index contributed by atoms with van der Waals surface area (Å²) in [6.07, 6.45) is 7.96. The summed E-state index contributed by atoms with van der Waals surface area (Å²) in [5.74, 6) is 1.89. The molecule has 1 aromatic rings. The van der Waals surface area contributed by atoms with E-state index in [-0.39, 0.29) is 18.5 Å². The molecule has 4 bridgehead atoms. The Morgan fingerprint density at radius 3 is 2.41 bits per heavy atom. The van der Waals surface area contributed by atoms with Gasteiger partial charge >= 0.3 is 5.97 Å². The van der Waals surface area contributed by atoms with Gasteiger partial charge in [0.15, 0.2) is 0 Å². The highest BCUT2D eigenvalue weighted by Crippen LogP contribution is 2.53. The van der Waals surface area contributed by atoms with Crippen molar-refractivity contribution in [2.75, 3.05) is 0 Å². The van der Waals surface area contributed by atoms with Crippen molar-refractivity contribution < 1.29 is 14.7 Å². The van der Waals surface area contributed by atoms with Gasteiger partial charge in [0, 0.05) is 12.2 Å². The van der Waals surface area contributed by atoms with Crippen LogP contribution in [0.4, 0.5) is 0 Å². The fourth-order valence-corrected chi connectivity index (χ4v) is 5.10. The molecule has 1 heterocycles. The molecule has 1 aromatic heterocycles. The van der Waals surface area contributed by atoms with Gasteiger partial charge in [0.05, 0.1) is 0 Å². The van der Waals surface area contributed by atoms with Crippen LogP contribution in [-0.4, -0.2) is 32.8 Å². The number of amides is 1. The summed E-state index contributed by atoms with van der Waals surface area (Å²) in [5.41, 5.74) is 0.315. The van der Waals surface area contributed by atoms with Gasteiger partial charge in [-0.2, -0.15) is 5.10 Å². The SMILES string of the molecule is O=C(O)Cn1ccc(C(=O)NC2C3CC4CC(C3)CC2C4)n1. The van der Waals surface area contributed by atoms with Gasteiger partial charge in [0.25, 0.3) is 5.91 Å². The van der Waals surface area contributed by atoms with E-state index in [0.717, 1.165) is 11.8 Å². The van der Waals surface area contributed by atoms with Crippen LogP contribution in [0.5, 0.6) is 0 Å². The predicted molar refractivity (Wildman–Crippen MR) is 78.2 cm³/mol. The van der Waals surface area contributed by atoms with E-state index < -0.39 is 5.97 Å². The quantitative estimate of drug-likeness (QED) is 0.883. The minimum absolute atomic E-state index is 0.165. The third-order valence-corrected chi connectivity index (χ3v) is 5.70. The molecule has 22 heavy (non-hydrogen) atoms. The van der Waals surface area contributed by atoms with E-state index in [1.54, 1.807) is 12.3 Å². The standard InChI is InChI=1S/C16H21N3O3/c20-14(21)8-19-2-1-13(18-19)16(22)17-15-11-4-9-3-10(6-11)7-12(15)5-9/h1-2,9-12,15H,3-8H2,(H,17,22)(H,20,21). The summed E-state index contributed by atoms with van der Waals surface area (Å²) < 4.78 is 1.29. The maximum Gasteiger partial charge on any atom is 0.325 e. The average Bonchev–Trinajstić information content (AvgIpc) is 2.89. The average molecular weight is 303 g/mol. The van der Waals surface area contributed by atoms with E-state index in [1.807, 2.05) is 0 Å². The molecule has 0 aromatic carbocycles. The molecule has 1 amide bonds. The van der Waals surface area contributed by atoms with E-state index in [0.29, 0.717) is 17.5 Å². The Kier molecular flexibility index (Phi) is 3.20. The van der Waals surface area contributed by atoms with Crippen LogP contribution in [0.25, 0.3) is 0 Å². The zero-order valence-electron chi connectivity index (χ0n) is 12.4. The van der Waals surface area contributed by atoms with Crippen molar-refractivity contribution in [1.82, 2.24) is 15.1 Å². The van der Waals surface area contributed by atoms with Gasteiger partial charge in [-0.05, 0) is 61.8 Å². The molecule has 118 valence electrons. The number of aliphatic carboxylic acids is 1.